The first-order valence-corrected chi connectivity index (χ1v) is 7.59. The molecule has 0 aromatic carbocycles. The number of carbonyl (C=O) groups is 1. The molecule has 2 N–H and O–H groups in total. The van der Waals surface area contributed by atoms with Gasteiger partial charge in [0.15, 0.2) is 6.61 Å². The molecule has 2 rings (SSSR count). The lowest BCUT2D eigenvalue weighted by molar-refractivity contribution is -0.140. The van der Waals surface area contributed by atoms with Crippen molar-refractivity contribution < 1.29 is 19.8 Å². The Kier molecular flexibility index (Phi) is 5.65. The van der Waals surface area contributed by atoms with E-state index in [2.05, 4.69) is 23.1 Å². The van der Waals surface area contributed by atoms with Gasteiger partial charge in [-0.3, -0.25) is 0 Å². The average molecular weight is 303 g/mol. The number of aliphatic carboxylic acids is 1. The first-order valence-electron chi connectivity index (χ1n) is 7.59. The molecular weight excluding hydrogens is 282 g/mol. The highest BCUT2D eigenvalue weighted by Crippen LogP contribution is 2.39. The van der Waals surface area contributed by atoms with Crippen LogP contribution in [0.1, 0.15) is 39.0 Å². The summed E-state index contributed by atoms with van der Waals surface area (Å²) in [5.41, 5.74) is 1.74. The van der Waals surface area contributed by atoms with Crippen molar-refractivity contribution >= 4 is 11.7 Å². The number of hydrogen-bond donors (Lipinski definition) is 2. The van der Waals surface area contributed by atoms with Crippen molar-refractivity contribution in [1.82, 2.24) is 0 Å². The Morgan fingerprint density at radius 2 is 2.27 bits per heavy atom. The van der Waals surface area contributed by atoms with E-state index in [9.17, 15) is 4.79 Å². The quantitative estimate of drug-likeness (QED) is 0.465. The van der Waals surface area contributed by atoms with Crippen LogP contribution in [0.15, 0.2) is 28.6 Å². The Balaban J connectivity index is 2.14. The molecule has 2 aliphatic rings. The normalized spacial score (nSPS) is 24.9. The summed E-state index contributed by atoms with van der Waals surface area (Å²) in [6.45, 7) is 1.64. The Bertz CT molecular complexity index is 577. The number of oxime groups is 1. The van der Waals surface area contributed by atoms with Crippen molar-refractivity contribution in [3.8, 4) is 11.8 Å². The molecule has 118 valence electrons. The monoisotopic (exact) mass is 303 g/mol. The summed E-state index contributed by atoms with van der Waals surface area (Å²) in [5, 5.41) is 21.2. The van der Waals surface area contributed by atoms with Gasteiger partial charge >= 0.3 is 5.97 Å². The number of hydrogen-bond acceptors (Lipinski definition) is 4. The van der Waals surface area contributed by atoms with Gasteiger partial charge in [0.25, 0.3) is 0 Å². The van der Waals surface area contributed by atoms with Gasteiger partial charge in [-0.2, -0.15) is 0 Å². The minimum absolute atomic E-state index is 0.0132. The minimum atomic E-state index is -1.00. The van der Waals surface area contributed by atoms with Crippen LogP contribution >= 0.6 is 0 Å². The second kappa shape index (κ2) is 7.69. The zero-order valence-corrected chi connectivity index (χ0v) is 12.7. The lowest BCUT2D eigenvalue weighted by Crippen LogP contribution is -2.19. The molecule has 0 aliphatic heterocycles. The molecule has 0 saturated heterocycles. The van der Waals surface area contributed by atoms with Crippen molar-refractivity contribution in [3.63, 3.8) is 0 Å². The summed E-state index contributed by atoms with van der Waals surface area (Å²) in [6.07, 6.45) is 8.04. The summed E-state index contributed by atoms with van der Waals surface area (Å²) < 4.78 is 5.42. The average Bonchev–Trinajstić information content (AvgIpc) is 2.90. The molecule has 5 heteroatoms. The summed E-state index contributed by atoms with van der Waals surface area (Å²) in [7, 11) is 0. The molecule has 0 heterocycles. The highest BCUT2D eigenvalue weighted by molar-refractivity contribution is 5.90. The van der Waals surface area contributed by atoms with E-state index in [1.165, 1.54) is 0 Å². The maximum Gasteiger partial charge on any atom is 0.341 e. The molecule has 0 bridgehead atoms. The third kappa shape index (κ3) is 3.91. The molecule has 0 amide bonds. The van der Waals surface area contributed by atoms with E-state index < -0.39 is 5.97 Å². The van der Waals surface area contributed by atoms with Gasteiger partial charge in [0, 0.05) is 18.8 Å². The molecule has 22 heavy (non-hydrogen) atoms. The van der Waals surface area contributed by atoms with E-state index in [0.29, 0.717) is 11.7 Å². The molecular formula is C17H21NO4. The minimum Gasteiger partial charge on any atom is -0.482 e. The summed E-state index contributed by atoms with van der Waals surface area (Å²) in [4.78, 5) is 10.7. The molecule has 5 nitrogen and oxygen atoms in total. The fourth-order valence-electron chi connectivity index (χ4n) is 2.94. The number of carboxylic acids is 1. The van der Waals surface area contributed by atoms with E-state index in [1.54, 1.807) is 0 Å². The van der Waals surface area contributed by atoms with E-state index >= 15 is 0 Å². The molecule has 0 aromatic rings. The predicted molar refractivity (Wildman–Crippen MR) is 82.5 cm³/mol. The van der Waals surface area contributed by atoms with E-state index in [1.807, 2.05) is 13.0 Å². The number of nitrogens with zero attached hydrogens (tertiary/aromatic N) is 1. The van der Waals surface area contributed by atoms with Crippen LogP contribution in [0.5, 0.6) is 0 Å². The SMILES string of the molecule is CCC#CCCC1=CC2CC/C(=N\O)C2C=C1OCC(=O)O. The van der Waals surface area contributed by atoms with Crippen LogP contribution in [0, 0.1) is 23.7 Å². The molecule has 2 atom stereocenters. The van der Waals surface area contributed by atoms with Gasteiger partial charge in [-0.25, -0.2) is 4.79 Å². The zero-order chi connectivity index (χ0) is 15.9. The van der Waals surface area contributed by atoms with Crippen LogP contribution in [-0.2, 0) is 9.53 Å². The van der Waals surface area contributed by atoms with Gasteiger partial charge in [-0.15, -0.1) is 11.8 Å². The molecule has 1 saturated carbocycles. The fourth-order valence-corrected chi connectivity index (χ4v) is 2.94. The topological polar surface area (TPSA) is 79.1 Å². The summed E-state index contributed by atoms with van der Waals surface area (Å²) >= 11 is 0. The number of carboxylic acid groups (broad SMARTS) is 1. The molecule has 0 aromatic heterocycles. The van der Waals surface area contributed by atoms with Crippen LogP contribution < -0.4 is 0 Å². The van der Waals surface area contributed by atoms with Crippen LogP contribution in [0.3, 0.4) is 0 Å². The summed E-state index contributed by atoms with van der Waals surface area (Å²) in [6, 6.07) is 0. The number of rotatable bonds is 5. The van der Waals surface area contributed by atoms with Gasteiger partial charge < -0.3 is 15.1 Å². The standard InChI is InChI=1S/C17H21NO4/c1-2-3-4-5-6-13-9-12-7-8-15(18-21)14(12)10-16(13)22-11-17(19)20/h9-10,12,14,21H,2,5-8,11H2,1H3,(H,19,20)/b18-15+. The summed E-state index contributed by atoms with van der Waals surface area (Å²) in [5.74, 6) is 6.03. The van der Waals surface area contributed by atoms with Crippen molar-refractivity contribution in [2.45, 2.75) is 39.0 Å². The van der Waals surface area contributed by atoms with Crippen LogP contribution in [0.4, 0.5) is 0 Å². The van der Waals surface area contributed by atoms with Crippen LogP contribution in [-0.4, -0.2) is 28.6 Å². The Morgan fingerprint density at radius 1 is 1.45 bits per heavy atom. The van der Waals surface area contributed by atoms with E-state index in [4.69, 9.17) is 15.1 Å². The Hall–Kier alpha value is -2.22. The third-order valence-electron chi connectivity index (χ3n) is 3.94. The van der Waals surface area contributed by atoms with Crippen molar-refractivity contribution in [3.05, 3.63) is 23.5 Å². The molecule has 2 aliphatic carbocycles. The molecule has 0 spiro atoms. The molecule has 0 radical (unpaired) electrons. The first kappa shape index (κ1) is 16.2. The van der Waals surface area contributed by atoms with Crippen molar-refractivity contribution in [2.24, 2.45) is 17.0 Å². The number of ether oxygens (including phenoxy) is 1. The molecule has 2 unspecified atom stereocenters. The maximum atomic E-state index is 10.7. The third-order valence-corrected chi connectivity index (χ3v) is 3.94. The maximum absolute atomic E-state index is 10.7. The zero-order valence-electron chi connectivity index (χ0n) is 12.7. The second-order valence-corrected chi connectivity index (χ2v) is 5.43. The van der Waals surface area contributed by atoms with Gasteiger partial charge in [0.1, 0.15) is 5.76 Å². The van der Waals surface area contributed by atoms with Crippen molar-refractivity contribution in [2.75, 3.05) is 6.61 Å². The number of allylic oxidation sites excluding steroid dienone is 3. The second-order valence-electron chi connectivity index (χ2n) is 5.43. The fraction of sp³-hybridized carbons (Fsp3) is 0.529. The Morgan fingerprint density at radius 3 is 2.95 bits per heavy atom. The molecule has 1 fully saturated rings. The van der Waals surface area contributed by atoms with E-state index in [-0.39, 0.29) is 12.5 Å². The van der Waals surface area contributed by atoms with Gasteiger partial charge in [0.05, 0.1) is 5.71 Å². The predicted octanol–water partition coefficient (Wildman–Crippen LogP) is 2.96. The lowest BCUT2D eigenvalue weighted by atomic mass is 9.85. The van der Waals surface area contributed by atoms with Gasteiger partial charge in [-0.05, 0) is 36.8 Å². The largest absolute Gasteiger partial charge is 0.482 e. The van der Waals surface area contributed by atoms with Gasteiger partial charge in [-0.1, -0.05) is 18.2 Å². The number of fused-ring (bicyclic) bond motifs is 1. The highest BCUT2D eigenvalue weighted by atomic mass is 16.5. The van der Waals surface area contributed by atoms with Crippen LogP contribution in [0.2, 0.25) is 0 Å². The van der Waals surface area contributed by atoms with Crippen LogP contribution in [0.25, 0.3) is 0 Å². The smallest absolute Gasteiger partial charge is 0.341 e. The van der Waals surface area contributed by atoms with E-state index in [0.717, 1.165) is 43.4 Å². The first-order chi connectivity index (χ1) is 10.7. The highest BCUT2D eigenvalue weighted by Gasteiger charge is 2.34. The van der Waals surface area contributed by atoms with Gasteiger partial charge in [0.2, 0.25) is 0 Å². The Labute approximate surface area is 130 Å². The lowest BCUT2D eigenvalue weighted by Gasteiger charge is -2.23. The van der Waals surface area contributed by atoms with Crippen molar-refractivity contribution in [1.29, 1.82) is 0 Å².